The predicted octanol–water partition coefficient (Wildman–Crippen LogP) is 6.91. The molecule has 206 valence electrons. The molecule has 0 fully saturated rings. The third-order valence-electron chi connectivity index (χ3n) is 7.37. The Kier molecular flexibility index (Phi) is 7.60. The maximum absolute atomic E-state index is 16.2. The molecule has 42 heavy (non-hydrogen) atoms. The summed E-state index contributed by atoms with van der Waals surface area (Å²) in [6.45, 7) is 0. The summed E-state index contributed by atoms with van der Waals surface area (Å²) in [5.74, 6) is -1.37. The van der Waals surface area contributed by atoms with Gasteiger partial charge in [0.05, 0.1) is 10.6 Å². The van der Waals surface area contributed by atoms with Gasteiger partial charge in [-0.15, -0.1) is 0 Å². The maximum Gasteiger partial charge on any atom is 0.174 e. The molecule has 0 spiro atoms. The average molecular weight is 591 g/mol. The summed E-state index contributed by atoms with van der Waals surface area (Å²) in [4.78, 5) is 0. The van der Waals surface area contributed by atoms with Crippen molar-refractivity contribution in [3.05, 3.63) is 169 Å². The second-order valence-electron chi connectivity index (χ2n) is 9.83. The highest BCUT2D eigenvalue weighted by Gasteiger charge is 2.39. The van der Waals surface area contributed by atoms with E-state index in [0.29, 0.717) is 21.2 Å². The highest BCUT2D eigenvalue weighted by molar-refractivity contribution is 7.86. The first-order valence-electron chi connectivity index (χ1n) is 13.5. The monoisotopic (exact) mass is 590 g/mol. The van der Waals surface area contributed by atoms with Gasteiger partial charge in [0.15, 0.2) is 14.3 Å². The minimum atomic E-state index is -3.84. The molecule has 6 aromatic carbocycles. The summed E-state index contributed by atoms with van der Waals surface area (Å²) in [5.41, 5.74) is 0.459. The molecule has 0 heterocycles. The van der Waals surface area contributed by atoms with Crippen LogP contribution in [-0.4, -0.2) is 0 Å². The third-order valence-corrected chi connectivity index (χ3v) is 13.6. The first-order valence-corrected chi connectivity index (χ1v) is 16.9. The van der Waals surface area contributed by atoms with E-state index in [4.69, 9.17) is 0 Å². The molecular weight excluding hydrogens is 564 g/mol. The second-order valence-corrected chi connectivity index (χ2v) is 15.2. The van der Waals surface area contributed by atoms with Crippen molar-refractivity contribution in [3.63, 3.8) is 0 Å². The Labute approximate surface area is 244 Å². The fourth-order valence-corrected chi connectivity index (χ4v) is 11.3. The molecule has 0 amide bonds. The topological polar surface area (TPSA) is 34.1 Å². The number of benzene rings is 6. The van der Waals surface area contributed by atoms with Gasteiger partial charge in [-0.2, -0.15) is 0 Å². The van der Waals surface area contributed by atoms with Crippen LogP contribution in [0.15, 0.2) is 158 Å². The van der Waals surface area contributed by atoms with Gasteiger partial charge in [0.1, 0.15) is 11.6 Å². The highest BCUT2D eigenvalue weighted by atomic mass is 31.2. The highest BCUT2D eigenvalue weighted by Crippen LogP contribution is 2.49. The third kappa shape index (κ3) is 4.68. The molecule has 0 unspecified atom stereocenters. The lowest BCUT2D eigenvalue weighted by atomic mass is 10.1. The van der Waals surface area contributed by atoms with Crippen molar-refractivity contribution in [2.45, 2.75) is 0 Å². The minimum absolute atomic E-state index is 0.0538. The normalized spacial score (nSPS) is 11.8. The van der Waals surface area contributed by atoms with Crippen LogP contribution in [0, 0.1) is 11.6 Å². The molecule has 0 aliphatic rings. The Hall–Kier alpha value is -4.36. The van der Waals surface area contributed by atoms with Gasteiger partial charge >= 0.3 is 0 Å². The molecule has 6 rings (SSSR count). The van der Waals surface area contributed by atoms with E-state index in [2.05, 4.69) is 0 Å². The Bertz CT molecular complexity index is 1710. The van der Waals surface area contributed by atoms with E-state index in [0.717, 1.165) is 0 Å². The lowest BCUT2D eigenvalue weighted by molar-refractivity contribution is 0.587. The van der Waals surface area contributed by atoms with Crippen LogP contribution in [0.4, 0.5) is 8.78 Å². The first kappa shape index (κ1) is 27.8. The van der Waals surface area contributed by atoms with Gasteiger partial charge in [0.2, 0.25) is 0 Å². The Balaban J connectivity index is 1.73. The van der Waals surface area contributed by atoms with Crippen LogP contribution in [0.2, 0.25) is 0 Å². The molecule has 0 saturated heterocycles. The molecule has 0 radical (unpaired) electrons. The van der Waals surface area contributed by atoms with Gasteiger partial charge in [-0.25, -0.2) is 8.78 Å². The van der Waals surface area contributed by atoms with Crippen LogP contribution >= 0.6 is 14.3 Å². The van der Waals surface area contributed by atoms with Crippen molar-refractivity contribution in [2.75, 3.05) is 0 Å². The zero-order chi connectivity index (χ0) is 29.2. The van der Waals surface area contributed by atoms with Crippen LogP contribution in [0.25, 0.3) is 11.1 Å². The van der Waals surface area contributed by atoms with E-state index in [1.54, 1.807) is 109 Å². The van der Waals surface area contributed by atoms with Crippen molar-refractivity contribution in [3.8, 4) is 11.1 Å². The van der Waals surface area contributed by atoms with Gasteiger partial charge < -0.3 is 9.13 Å². The fourth-order valence-electron chi connectivity index (χ4n) is 5.47. The lowest BCUT2D eigenvalue weighted by Crippen LogP contribution is -2.32. The van der Waals surface area contributed by atoms with Crippen LogP contribution in [-0.2, 0) is 9.13 Å². The van der Waals surface area contributed by atoms with E-state index < -0.39 is 25.9 Å². The SMILES string of the molecule is O=P(c1ccccc1)(c1ccccc1)c1c(F)cccc1-c1cccc(F)c1P(=O)(c1ccccc1)c1ccccc1. The van der Waals surface area contributed by atoms with Crippen molar-refractivity contribution in [2.24, 2.45) is 0 Å². The van der Waals surface area contributed by atoms with E-state index in [1.165, 1.54) is 24.3 Å². The van der Waals surface area contributed by atoms with E-state index >= 15 is 17.9 Å². The molecule has 0 N–H and O–H groups in total. The van der Waals surface area contributed by atoms with Gasteiger partial charge in [0, 0.05) is 21.2 Å². The Morgan fingerprint density at radius 1 is 0.333 bits per heavy atom. The molecular formula is C36H26F2O2P2. The van der Waals surface area contributed by atoms with Crippen molar-refractivity contribution in [1.29, 1.82) is 0 Å². The van der Waals surface area contributed by atoms with Crippen LogP contribution in [0.1, 0.15) is 0 Å². The number of hydrogen-bond donors (Lipinski definition) is 0. The van der Waals surface area contributed by atoms with Crippen molar-refractivity contribution < 1.29 is 17.9 Å². The lowest BCUT2D eigenvalue weighted by Gasteiger charge is -2.27. The summed E-state index contributed by atoms with van der Waals surface area (Å²) in [6, 6.07) is 43.9. The molecule has 0 bridgehead atoms. The van der Waals surface area contributed by atoms with Gasteiger partial charge in [0.25, 0.3) is 0 Å². The number of halogens is 2. The molecule has 0 aliphatic carbocycles. The van der Waals surface area contributed by atoms with Gasteiger partial charge in [-0.3, -0.25) is 0 Å². The average Bonchev–Trinajstić information content (AvgIpc) is 3.05. The molecule has 6 aromatic rings. The molecule has 0 saturated carbocycles. The van der Waals surface area contributed by atoms with Gasteiger partial charge in [-0.05, 0) is 23.3 Å². The van der Waals surface area contributed by atoms with Crippen molar-refractivity contribution >= 4 is 46.1 Å². The zero-order valence-electron chi connectivity index (χ0n) is 22.5. The first-order chi connectivity index (χ1) is 20.5. The van der Waals surface area contributed by atoms with Crippen molar-refractivity contribution in [1.82, 2.24) is 0 Å². The quantitative estimate of drug-likeness (QED) is 0.190. The summed E-state index contributed by atoms with van der Waals surface area (Å²) in [5, 5.41) is 1.65. The zero-order valence-corrected chi connectivity index (χ0v) is 24.3. The van der Waals surface area contributed by atoms with E-state index in [1.807, 2.05) is 24.3 Å². The van der Waals surface area contributed by atoms with Crippen LogP contribution in [0.3, 0.4) is 0 Å². The summed E-state index contributed by atoms with van der Waals surface area (Å²) >= 11 is 0. The second kappa shape index (κ2) is 11.5. The molecule has 6 heteroatoms. The number of hydrogen-bond acceptors (Lipinski definition) is 2. The Morgan fingerprint density at radius 2 is 0.595 bits per heavy atom. The van der Waals surface area contributed by atoms with Crippen LogP contribution < -0.4 is 31.8 Å². The largest absolute Gasteiger partial charge is 0.309 e. The smallest absolute Gasteiger partial charge is 0.174 e. The minimum Gasteiger partial charge on any atom is -0.309 e. The standard InChI is InChI=1S/C36H26F2O2P2/c37-33-25-13-23-31(35(33)41(39,27-15-5-1-6-16-27)28-17-7-2-8-18-28)32-24-14-26-34(38)36(32)42(40,29-19-9-3-10-20-29)30-21-11-4-12-22-30/h1-26H. The van der Waals surface area contributed by atoms with Crippen LogP contribution in [0.5, 0.6) is 0 Å². The van der Waals surface area contributed by atoms with E-state index in [-0.39, 0.29) is 21.7 Å². The van der Waals surface area contributed by atoms with E-state index in [9.17, 15) is 0 Å². The number of rotatable bonds is 7. The maximum atomic E-state index is 16.2. The predicted molar refractivity (Wildman–Crippen MR) is 171 cm³/mol. The summed E-state index contributed by atoms with van der Waals surface area (Å²) in [7, 11) is -7.67. The molecule has 0 aromatic heterocycles. The van der Waals surface area contributed by atoms with Gasteiger partial charge in [-0.1, -0.05) is 146 Å². The Morgan fingerprint density at radius 3 is 0.857 bits per heavy atom. The summed E-state index contributed by atoms with van der Waals surface area (Å²) in [6.07, 6.45) is 0. The summed E-state index contributed by atoms with van der Waals surface area (Å²) < 4.78 is 63.3. The molecule has 0 atom stereocenters. The molecule has 2 nitrogen and oxygen atoms in total. The fraction of sp³-hybridized carbons (Fsp3) is 0. The molecule has 0 aliphatic heterocycles.